The highest BCUT2D eigenvalue weighted by molar-refractivity contribution is 7.89. The zero-order valence-electron chi connectivity index (χ0n) is 22.5. The van der Waals surface area contributed by atoms with E-state index in [9.17, 15) is 17.6 Å². The number of nitrogens with zero attached hydrogens (tertiary/aromatic N) is 3. The van der Waals surface area contributed by atoms with Crippen LogP contribution < -0.4 is 4.72 Å². The van der Waals surface area contributed by atoms with E-state index in [4.69, 9.17) is 4.74 Å². The summed E-state index contributed by atoms with van der Waals surface area (Å²) in [5.41, 5.74) is 1.83. The number of hydrogen-bond acceptors (Lipinski definition) is 6. The molecule has 0 bridgehead atoms. The molecule has 0 saturated carbocycles. The van der Waals surface area contributed by atoms with Crippen LogP contribution in [0.15, 0.2) is 84.1 Å². The van der Waals surface area contributed by atoms with Crippen LogP contribution in [0.1, 0.15) is 45.2 Å². The Kier molecular flexibility index (Phi) is 7.57. The van der Waals surface area contributed by atoms with Gasteiger partial charge in [-0.05, 0) is 69.0 Å². The van der Waals surface area contributed by atoms with Gasteiger partial charge in [0, 0.05) is 47.5 Å². The molecule has 3 heterocycles. The van der Waals surface area contributed by atoms with Gasteiger partial charge in [-0.3, -0.25) is 9.88 Å². The van der Waals surface area contributed by atoms with E-state index in [1.165, 1.54) is 12.3 Å². The molecule has 5 rings (SSSR count). The maximum absolute atomic E-state index is 13.4. The molecule has 4 aromatic rings. The predicted octanol–water partition coefficient (Wildman–Crippen LogP) is 5.86. The summed E-state index contributed by atoms with van der Waals surface area (Å²) >= 11 is 0. The Bertz CT molecular complexity index is 1620. The fraction of sp³-hybridized carbons (Fsp3) is 0.300. The van der Waals surface area contributed by atoms with Crippen LogP contribution in [-0.4, -0.2) is 47.6 Å². The number of carbonyl (C=O) groups excluding carboxylic acids is 1. The number of ether oxygens (including phenoxy) is 1. The van der Waals surface area contributed by atoms with Crippen molar-refractivity contribution in [3.05, 3.63) is 90.8 Å². The molecule has 10 heteroatoms. The molecule has 1 aliphatic heterocycles. The number of fused-ring (bicyclic) bond motifs is 1. The molecule has 1 amide bonds. The first-order chi connectivity index (χ1) is 19.0. The largest absolute Gasteiger partial charge is 0.444 e. The number of nitrogens with one attached hydrogen (secondary N) is 1. The summed E-state index contributed by atoms with van der Waals surface area (Å²) in [6.07, 6.45) is 5.39. The highest BCUT2D eigenvalue weighted by Crippen LogP contribution is 2.38. The molecular formula is C30H31FN4O4S. The van der Waals surface area contributed by atoms with Crippen LogP contribution in [0.2, 0.25) is 0 Å². The SMILES string of the molecule is CC(C)(C)OC(=O)N1[C@H](CNS(=O)(=O)c2cccc3cnccc23)CC[C@H]1c1ccc(-c2ccc(F)nc2)cc1. The number of amides is 1. The van der Waals surface area contributed by atoms with E-state index in [-0.39, 0.29) is 17.5 Å². The van der Waals surface area contributed by atoms with Crippen LogP contribution in [0.5, 0.6) is 0 Å². The van der Waals surface area contributed by atoms with Gasteiger partial charge in [0.2, 0.25) is 16.0 Å². The van der Waals surface area contributed by atoms with Crippen LogP contribution in [0.4, 0.5) is 9.18 Å². The molecule has 1 saturated heterocycles. The van der Waals surface area contributed by atoms with Crippen molar-refractivity contribution in [3.8, 4) is 11.1 Å². The van der Waals surface area contributed by atoms with Gasteiger partial charge < -0.3 is 4.74 Å². The quantitative estimate of drug-likeness (QED) is 0.296. The number of hydrogen-bond donors (Lipinski definition) is 1. The molecule has 1 aliphatic rings. The third-order valence-corrected chi connectivity index (χ3v) is 8.38. The van der Waals surface area contributed by atoms with Crippen molar-refractivity contribution in [2.75, 3.05) is 6.54 Å². The Morgan fingerprint density at radius 1 is 1.02 bits per heavy atom. The lowest BCUT2D eigenvalue weighted by molar-refractivity contribution is 0.0147. The molecule has 2 aromatic carbocycles. The van der Waals surface area contributed by atoms with Crippen molar-refractivity contribution in [1.29, 1.82) is 0 Å². The van der Waals surface area contributed by atoms with Gasteiger partial charge in [0.15, 0.2) is 0 Å². The van der Waals surface area contributed by atoms with E-state index in [1.807, 2.05) is 30.3 Å². The summed E-state index contributed by atoms with van der Waals surface area (Å²) in [5, 5.41) is 1.30. The third-order valence-electron chi connectivity index (χ3n) is 6.90. The minimum atomic E-state index is -3.87. The molecule has 1 fully saturated rings. The Morgan fingerprint density at radius 3 is 2.48 bits per heavy atom. The number of carbonyl (C=O) groups is 1. The minimum Gasteiger partial charge on any atom is -0.444 e. The summed E-state index contributed by atoms with van der Waals surface area (Å²) in [5.74, 6) is -0.543. The summed E-state index contributed by atoms with van der Waals surface area (Å²) in [7, 11) is -3.87. The zero-order valence-corrected chi connectivity index (χ0v) is 23.4. The summed E-state index contributed by atoms with van der Waals surface area (Å²) in [6, 6.07) is 16.7. The predicted molar refractivity (Wildman–Crippen MR) is 150 cm³/mol. The summed E-state index contributed by atoms with van der Waals surface area (Å²) in [6.45, 7) is 5.44. The summed E-state index contributed by atoms with van der Waals surface area (Å²) < 4.78 is 48.4. The fourth-order valence-corrected chi connectivity index (χ4v) is 6.36. The van der Waals surface area contributed by atoms with E-state index in [2.05, 4.69) is 14.7 Å². The minimum absolute atomic E-state index is 0.0406. The number of sulfonamides is 1. The number of rotatable bonds is 6. The van der Waals surface area contributed by atoms with Gasteiger partial charge in [0.25, 0.3) is 0 Å². The lowest BCUT2D eigenvalue weighted by atomic mass is 10.0. The number of halogens is 1. The van der Waals surface area contributed by atoms with Gasteiger partial charge >= 0.3 is 6.09 Å². The first-order valence-corrected chi connectivity index (χ1v) is 14.6. The second-order valence-electron chi connectivity index (χ2n) is 10.8. The van der Waals surface area contributed by atoms with Crippen molar-refractivity contribution in [1.82, 2.24) is 19.6 Å². The highest BCUT2D eigenvalue weighted by Gasteiger charge is 2.40. The molecular weight excluding hydrogens is 531 g/mol. The number of likely N-dealkylation sites (tertiary alicyclic amines) is 1. The zero-order chi connectivity index (χ0) is 28.5. The molecule has 1 N–H and O–H groups in total. The van der Waals surface area contributed by atoms with Crippen molar-refractivity contribution in [3.63, 3.8) is 0 Å². The van der Waals surface area contributed by atoms with Gasteiger partial charge in [0.1, 0.15) is 5.60 Å². The van der Waals surface area contributed by atoms with E-state index in [1.54, 1.807) is 62.3 Å². The number of pyridine rings is 2. The van der Waals surface area contributed by atoms with Gasteiger partial charge in [-0.15, -0.1) is 0 Å². The highest BCUT2D eigenvalue weighted by atomic mass is 32.2. The van der Waals surface area contributed by atoms with E-state index in [0.29, 0.717) is 18.2 Å². The van der Waals surface area contributed by atoms with Crippen molar-refractivity contribution < 1.29 is 22.3 Å². The third kappa shape index (κ3) is 5.97. The molecule has 2 atom stereocenters. The van der Waals surface area contributed by atoms with Crippen LogP contribution in [0.25, 0.3) is 21.9 Å². The van der Waals surface area contributed by atoms with Crippen LogP contribution >= 0.6 is 0 Å². The second kappa shape index (κ2) is 10.9. The molecule has 2 aromatic heterocycles. The number of aromatic nitrogens is 2. The van der Waals surface area contributed by atoms with Crippen LogP contribution in [-0.2, 0) is 14.8 Å². The Morgan fingerprint density at radius 2 is 1.77 bits per heavy atom. The van der Waals surface area contributed by atoms with E-state index >= 15 is 0 Å². The van der Waals surface area contributed by atoms with Crippen molar-refractivity contribution >= 4 is 26.9 Å². The molecule has 0 aliphatic carbocycles. The Labute approximate surface area is 233 Å². The first-order valence-electron chi connectivity index (χ1n) is 13.1. The topological polar surface area (TPSA) is 101 Å². The smallest absolute Gasteiger partial charge is 0.411 e. The lowest BCUT2D eigenvalue weighted by Crippen LogP contribution is -2.46. The fourth-order valence-electron chi connectivity index (χ4n) is 5.06. The van der Waals surface area contributed by atoms with E-state index in [0.717, 1.165) is 22.1 Å². The van der Waals surface area contributed by atoms with Crippen molar-refractivity contribution in [2.24, 2.45) is 0 Å². The lowest BCUT2D eigenvalue weighted by Gasteiger charge is -2.33. The van der Waals surface area contributed by atoms with Gasteiger partial charge in [-0.2, -0.15) is 4.39 Å². The molecule has 0 radical (unpaired) electrons. The molecule has 40 heavy (non-hydrogen) atoms. The van der Waals surface area contributed by atoms with Crippen molar-refractivity contribution in [2.45, 2.75) is 56.2 Å². The average Bonchev–Trinajstić information content (AvgIpc) is 3.36. The standard InChI is InChI=1S/C30H31FN4O4S/c1-30(2,3)39-29(36)35-24(19-34-40(37,38)27-6-4-5-23-17-32-16-15-25(23)27)12-13-26(35)21-9-7-20(8-10-21)22-11-14-28(31)33-18-22/h4-11,14-18,24,26,34H,12-13,19H2,1-3H3/t24-,26-/m0/s1. The monoisotopic (exact) mass is 562 g/mol. The van der Waals surface area contributed by atoms with Crippen LogP contribution in [0, 0.1) is 5.95 Å². The number of benzene rings is 2. The maximum Gasteiger partial charge on any atom is 0.411 e. The van der Waals surface area contributed by atoms with E-state index < -0.39 is 33.7 Å². The molecule has 0 spiro atoms. The molecule has 0 unspecified atom stereocenters. The first kappa shape index (κ1) is 27.7. The van der Waals surface area contributed by atoms with Gasteiger partial charge in [-0.1, -0.05) is 36.4 Å². The normalized spacial score (nSPS) is 17.8. The Balaban J connectivity index is 1.39. The molecule has 8 nitrogen and oxygen atoms in total. The average molecular weight is 563 g/mol. The maximum atomic E-state index is 13.4. The van der Waals surface area contributed by atoms with Gasteiger partial charge in [-0.25, -0.2) is 22.9 Å². The summed E-state index contributed by atoms with van der Waals surface area (Å²) in [4.78, 5) is 23.0. The molecule has 208 valence electrons. The van der Waals surface area contributed by atoms with Gasteiger partial charge in [0.05, 0.1) is 10.9 Å². The Hall–Kier alpha value is -3.89. The second-order valence-corrected chi connectivity index (χ2v) is 12.6. The van der Waals surface area contributed by atoms with Crippen LogP contribution in [0.3, 0.4) is 0 Å².